The molecule has 4 aliphatic rings. The summed E-state index contributed by atoms with van der Waals surface area (Å²) in [6.07, 6.45) is 0.722. The van der Waals surface area contributed by atoms with Gasteiger partial charge in [-0.2, -0.15) is 0 Å². The number of para-hydroxylation sites is 1. The highest BCUT2D eigenvalue weighted by Gasteiger charge is 2.60. The van der Waals surface area contributed by atoms with Crippen LogP contribution in [0.2, 0.25) is 0 Å². The van der Waals surface area contributed by atoms with Crippen molar-refractivity contribution in [2.45, 2.75) is 49.9 Å². The molecule has 0 saturated carbocycles. The molecular weight excluding hydrogens is 456 g/mol. The molecule has 0 spiro atoms. The van der Waals surface area contributed by atoms with Crippen molar-refractivity contribution in [2.75, 3.05) is 20.2 Å². The largest absolute Gasteiger partial charge is 0.479 e. The lowest BCUT2D eigenvalue weighted by atomic mass is 9.60. The van der Waals surface area contributed by atoms with E-state index in [0.717, 1.165) is 43.6 Å². The van der Waals surface area contributed by atoms with Gasteiger partial charge < -0.3 is 30.1 Å². The van der Waals surface area contributed by atoms with Crippen molar-refractivity contribution < 1.29 is 39.5 Å². The molecule has 1 aromatic heterocycles. The number of carbonyl (C=O) groups excluding carboxylic acids is 1. The normalized spacial score (nSPS) is 28.0. The molecule has 4 bridgehead atoms. The Morgan fingerprint density at radius 1 is 1.17 bits per heavy atom. The number of ether oxygens (including phenoxy) is 1. The number of aromatic amines is 1. The minimum Gasteiger partial charge on any atom is -0.479 e. The molecule has 6 rings (SSSR count). The summed E-state index contributed by atoms with van der Waals surface area (Å²) in [6, 6.07) is 8.56. The Morgan fingerprint density at radius 3 is 2.43 bits per heavy atom. The molecule has 1 saturated heterocycles. The van der Waals surface area contributed by atoms with Gasteiger partial charge >= 0.3 is 17.9 Å². The maximum Gasteiger partial charge on any atom is 0.335 e. The number of carboxylic acids is 2. The number of nitrogens with zero attached hydrogens (tertiary/aromatic N) is 1. The van der Waals surface area contributed by atoms with E-state index in [1.165, 1.54) is 23.6 Å². The number of methoxy groups -OCH3 is 1. The summed E-state index contributed by atoms with van der Waals surface area (Å²) in [5.74, 6) is -3.19. The van der Waals surface area contributed by atoms with E-state index in [4.69, 9.17) is 25.2 Å². The number of rotatable bonds is 5. The molecule has 0 radical (unpaired) electrons. The number of aliphatic hydroxyl groups excluding tert-OH is 2. The third kappa shape index (κ3) is 4.01. The Kier molecular flexibility index (Phi) is 6.72. The van der Waals surface area contributed by atoms with E-state index in [1.807, 2.05) is 0 Å². The Bertz CT molecular complexity index is 1170. The van der Waals surface area contributed by atoms with Gasteiger partial charge in [-0.05, 0) is 36.8 Å². The zero-order valence-corrected chi connectivity index (χ0v) is 19.6. The number of aliphatic hydroxyl groups is 2. The molecule has 35 heavy (non-hydrogen) atoms. The van der Waals surface area contributed by atoms with E-state index in [0.29, 0.717) is 5.92 Å². The number of benzene rings is 1. The zero-order chi connectivity index (χ0) is 25.5. The van der Waals surface area contributed by atoms with Crippen molar-refractivity contribution >= 4 is 28.8 Å². The monoisotopic (exact) mass is 486 g/mol. The summed E-state index contributed by atoms with van der Waals surface area (Å²) in [5.41, 5.74) is 4.36. The number of H-pyrrole nitrogens is 1. The summed E-state index contributed by atoms with van der Waals surface area (Å²) in [4.78, 5) is 39.0. The van der Waals surface area contributed by atoms with E-state index in [2.05, 4.69) is 47.1 Å². The van der Waals surface area contributed by atoms with E-state index < -0.39 is 29.6 Å². The summed E-state index contributed by atoms with van der Waals surface area (Å²) < 4.78 is 5.41. The minimum atomic E-state index is -2.27. The first-order valence-electron chi connectivity index (χ1n) is 11.6. The Morgan fingerprint density at radius 2 is 1.83 bits per heavy atom. The van der Waals surface area contributed by atoms with E-state index in [1.54, 1.807) is 0 Å². The first-order valence-corrected chi connectivity index (χ1v) is 11.6. The van der Waals surface area contributed by atoms with Crippen LogP contribution in [-0.2, 0) is 31.0 Å². The second-order valence-electron chi connectivity index (χ2n) is 9.26. The van der Waals surface area contributed by atoms with Crippen LogP contribution in [0.25, 0.3) is 10.9 Å². The van der Waals surface area contributed by atoms with Gasteiger partial charge in [0, 0.05) is 29.7 Å². The number of carboxylic acid groups (broad SMARTS) is 2. The van der Waals surface area contributed by atoms with Gasteiger partial charge in [-0.15, -0.1) is 0 Å². The van der Waals surface area contributed by atoms with Crippen LogP contribution in [0.3, 0.4) is 0 Å². The Balaban J connectivity index is 0.000000248. The molecule has 4 unspecified atom stereocenters. The first-order chi connectivity index (χ1) is 16.6. The van der Waals surface area contributed by atoms with Gasteiger partial charge in [-0.3, -0.25) is 9.69 Å². The number of hydrogen-bond acceptors (Lipinski definition) is 7. The predicted octanol–water partition coefficient (Wildman–Crippen LogP) is 1.05. The average Bonchev–Trinajstić information content (AvgIpc) is 3.20. The van der Waals surface area contributed by atoms with Crippen molar-refractivity contribution in [3.63, 3.8) is 0 Å². The van der Waals surface area contributed by atoms with Crippen LogP contribution in [0.4, 0.5) is 0 Å². The summed E-state index contributed by atoms with van der Waals surface area (Å²) in [5, 5.41) is 33.8. The molecule has 6 atom stereocenters. The lowest BCUT2D eigenvalue weighted by Crippen LogP contribution is -2.63. The lowest BCUT2D eigenvalue weighted by molar-refractivity contribution is -0.165. The number of fused-ring (bicyclic) bond motifs is 3. The SMILES string of the molecule is CCC1=CC2CN3CCc4c([nH]c5ccccc45)[C@@](C(=O)OC)(C2)[C@@H]13.O=C(O)C(O)C(O)C(=O)O. The molecule has 5 N–H and O–H groups in total. The predicted molar refractivity (Wildman–Crippen MR) is 125 cm³/mol. The summed E-state index contributed by atoms with van der Waals surface area (Å²) >= 11 is 0. The van der Waals surface area contributed by atoms with Gasteiger partial charge in [-0.1, -0.05) is 36.8 Å². The van der Waals surface area contributed by atoms with Crippen molar-refractivity contribution in [3.05, 3.63) is 47.2 Å². The molecule has 1 aliphatic carbocycles. The van der Waals surface area contributed by atoms with Crippen molar-refractivity contribution in [2.24, 2.45) is 5.92 Å². The molecule has 0 amide bonds. The number of carbonyl (C=O) groups is 3. The van der Waals surface area contributed by atoms with Gasteiger partial charge in [0.1, 0.15) is 5.41 Å². The van der Waals surface area contributed by atoms with Crippen LogP contribution in [0.5, 0.6) is 0 Å². The maximum absolute atomic E-state index is 13.2. The van der Waals surface area contributed by atoms with Crippen LogP contribution in [0.15, 0.2) is 35.9 Å². The summed E-state index contributed by atoms with van der Waals surface area (Å²) in [6.45, 7) is 4.28. The fourth-order valence-corrected chi connectivity index (χ4v) is 5.98. The van der Waals surface area contributed by atoms with Crippen molar-refractivity contribution in [1.82, 2.24) is 9.88 Å². The third-order valence-corrected chi connectivity index (χ3v) is 7.36. The number of aliphatic carboxylic acids is 2. The fourth-order valence-electron chi connectivity index (χ4n) is 5.98. The van der Waals surface area contributed by atoms with Gasteiger partial charge in [0.25, 0.3) is 0 Å². The second kappa shape index (κ2) is 9.44. The number of hydrogen-bond donors (Lipinski definition) is 5. The van der Waals surface area contributed by atoms with Gasteiger partial charge in [0.05, 0.1) is 13.2 Å². The summed E-state index contributed by atoms with van der Waals surface area (Å²) in [7, 11) is 1.53. The second-order valence-corrected chi connectivity index (χ2v) is 9.26. The molecular formula is C25H30N2O8. The average molecular weight is 487 g/mol. The number of nitrogens with one attached hydrogen (secondary N) is 1. The van der Waals surface area contributed by atoms with Crippen LogP contribution in [0.1, 0.15) is 31.0 Å². The molecule has 2 aromatic rings. The standard InChI is InChI=1S/C21H24N2O2.C4H6O6/c1-3-14-10-13-11-21(20(24)25-2)18-16(8-9-23(12-13)19(14)21)15-6-4-5-7-17(15)22-18;5-1(3(7)8)2(6)4(9)10/h4-7,10,13,19,22H,3,8-9,11-12H2,1-2H3;1-2,5-6H,(H,7,8)(H,9,10)/t13?,19-,21+;/m1./s1. The molecule has 1 fully saturated rings. The Labute approximate surface area is 201 Å². The van der Waals surface area contributed by atoms with E-state index in [9.17, 15) is 14.4 Å². The van der Waals surface area contributed by atoms with Crippen LogP contribution < -0.4 is 0 Å². The molecule has 10 nitrogen and oxygen atoms in total. The molecule has 3 aliphatic heterocycles. The Hall–Kier alpha value is -3.21. The molecule has 4 heterocycles. The minimum absolute atomic E-state index is 0.0824. The number of aromatic nitrogens is 1. The third-order valence-electron chi connectivity index (χ3n) is 7.36. The molecule has 1 aromatic carbocycles. The van der Waals surface area contributed by atoms with Crippen LogP contribution in [0, 0.1) is 5.92 Å². The quantitative estimate of drug-likeness (QED) is 0.307. The molecule has 10 heteroatoms. The van der Waals surface area contributed by atoms with Crippen molar-refractivity contribution in [3.8, 4) is 0 Å². The highest BCUT2D eigenvalue weighted by atomic mass is 16.5. The number of piperidine rings is 1. The van der Waals surface area contributed by atoms with E-state index in [-0.39, 0.29) is 12.0 Å². The fraction of sp³-hybridized carbons (Fsp3) is 0.480. The topological polar surface area (TPSA) is 160 Å². The lowest BCUT2D eigenvalue weighted by Gasteiger charge is -2.53. The van der Waals surface area contributed by atoms with Gasteiger partial charge in [-0.25, -0.2) is 9.59 Å². The molecule has 188 valence electrons. The van der Waals surface area contributed by atoms with Crippen molar-refractivity contribution in [1.29, 1.82) is 0 Å². The zero-order valence-electron chi connectivity index (χ0n) is 19.6. The first kappa shape index (κ1) is 24.9. The van der Waals surface area contributed by atoms with E-state index >= 15 is 0 Å². The van der Waals surface area contributed by atoms with Crippen LogP contribution in [-0.4, -0.2) is 86.7 Å². The highest BCUT2D eigenvalue weighted by Crippen LogP contribution is 2.53. The number of esters is 1. The van der Waals surface area contributed by atoms with Gasteiger partial charge in [0.2, 0.25) is 0 Å². The van der Waals surface area contributed by atoms with Crippen LogP contribution >= 0.6 is 0 Å². The highest BCUT2D eigenvalue weighted by molar-refractivity contribution is 5.92. The maximum atomic E-state index is 13.2. The smallest absolute Gasteiger partial charge is 0.335 e. The van der Waals surface area contributed by atoms with Gasteiger partial charge in [0.15, 0.2) is 12.2 Å².